The summed E-state index contributed by atoms with van der Waals surface area (Å²) in [6, 6.07) is 8.61. The van der Waals surface area contributed by atoms with E-state index in [2.05, 4.69) is 31.3 Å². The first-order valence-electron chi connectivity index (χ1n) is 6.97. The highest BCUT2D eigenvalue weighted by Crippen LogP contribution is 2.39. The van der Waals surface area contributed by atoms with Gasteiger partial charge < -0.3 is 4.74 Å². The van der Waals surface area contributed by atoms with Crippen LogP contribution in [0, 0.1) is 31.1 Å². The Morgan fingerprint density at radius 1 is 1.32 bits per heavy atom. The Labute approximate surface area is 115 Å². The standard InChI is InChI=1S/C16H22N2O/c1-4-18-16(10-17,14-5-6-14)11-19-15-8-12(2)7-13(3)9-15/h7-9,14,18H,4-6,11H2,1-3H3. The summed E-state index contributed by atoms with van der Waals surface area (Å²) in [5.74, 6) is 1.29. The molecule has 0 radical (unpaired) electrons. The van der Waals surface area contributed by atoms with Crippen molar-refractivity contribution in [3.8, 4) is 11.8 Å². The maximum Gasteiger partial charge on any atom is 0.143 e. The average Bonchev–Trinajstić information content (AvgIpc) is 3.18. The molecule has 0 saturated heterocycles. The van der Waals surface area contributed by atoms with Crippen LogP contribution in [0.4, 0.5) is 0 Å². The van der Waals surface area contributed by atoms with Gasteiger partial charge in [-0.15, -0.1) is 0 Å². The number of hydrogen-bond acceptors (Lipinski definition) is 3. The minimum Gasteiger partial charge on any atom is -0.491 e. The van der Waals surface area contributed by atoms with Crippen LogP contribution in [0.25, 0.3) is 0 Å². The van der Waals surface area contributed by atoms with Crippen molar-refractivity contribution in [3.63, 3.8) is 0 Å². The minimum atomic E-state index is -0.521. The first kappa shape index (κ1) is 13.9. The lowest BCUT2D eigenvalue weighted by Gasteiger charge is -2.27. The van der Waals surface area contributed by atoms with Gasteiger partial charge in [0.2, 0.25) is 0 Å². The highest BCUT2D eigenvalue weighted by molar-refractivity contribution is 5.33. The second-order valence-electron chi connectivity index (χ2n) is 5.50. The second-order valence-corrected chi connectivity index (χ2v) is 5.50. The molecule has 0 aliphatic heterocycles. The van der Waals surface area contributed by atoms with E-state index in [-0.39, 0.29) is 0 Å². The molecule has 19 heavy (non-hydrogen) atoms. The van der Waals surface area contributed by atoms with Gasteiger partial charge >= 0.3 is 0 Å². The number of nitrogens with one attached hydrogen (secondary N) is 1. The van der Waals surface area contributed by atoms with Gasteiger partial charge in [0.25, 0.3) is 0 Å². The SMILES string of the molecule is CCNC(C#N)(COc1cc(C)cc(C)c1)C1CC1. The van der Waals surface area contributed by atoms with E-state index in [4.69, 9.17) is 4.74 Å². The molecule has 1 aromatic rings. The molecule has 1 fully saturated rings. The predicted octanol–water partition coefficient (Wildman–Crippen LogP) is 2.96. The largest absolute Gasteiger partial charge is 0.491 e. The highest BCUT2D eigenvalue weighted by Gasteiger charge is 2.46. The van der Waals surface area contributed by atoms with E-state index in [1.54, 1.807) is 0 Å². The molecule has 2 rings (SSSR count). The van der Waals surface area contributed by atoms with E-state index in [0.29, 0.717) is 12.5 Å². The fourth-order valence-corrected chi connectivity index (χ4v) is 2.58. The van der Waals surface area contributed by atoms with Gasteiger partial charge in [-0.05, 0) is 62.4 Å². The Kier molecular flexibility index (Phi) is 4.11. The number of likely N-dealkylation sites (N-methyl/N-ethyl adjacent to an activating group) is 1. The Balaban J connectivity index is 2.08. The van der Waals surface area contributed by atoms with Crippen LogP contribution in [0.5, 0.6) is 5.75 Å². The van der Waals surface area contributed by atoms with E-state index >= 15 is 0 Å². The molecular formula is C16H22N2O. The van der Waals surface area contributed by atoms with E-state index < -0.39 is 5.54 Å². The molecule has 1 N–H and O–H groups in total. The fraction of sp³-hybridized carbons (Fsp3) is 0.562. The van der Waals surface area contributed by atoms with Gasteiger partial charge in [-0.2, -0.15) is 5.26 Å². The highest BCUT2D eigenvalue weighted by atomic mass is 16.5. The van der Waals surface area contributed by atoms with Gasteiger partial charge in [-0.3, -0.25) is 5.32 Å². The van der Waals surface area contributed by atoms with Crippen molar-refractivity contribution in [2.45, 2.75) is 39.2 Å². The number of aryl methyl sites for hydroxylation is 2. The number of rotatable bonds is 6. The van der Waals surface area contributed by atoms with Gasteiger partial charge in [-0.25, -0.2) is 0 Å². The molecule has 1 aliphatic carbocycles. The Morgan fingerprint density at radius 2 is 1.95 bits per heavy atom. The van der Waals surface area contributed by atoms with Crippen LogP contribution in [-0.4, -0.2) is 18.7 Å². The number of nitrogens with zero attached hydrogens (tertiary/aromatic N) is 1. The summed E-state index contributed by atoms with van der Waals surface area (Å²) in [5.41, 5.74) is 1.85. The third-order valence-electron chi connectivity index (χ3n) is 3.63. The molecule has 0 spiro atoms. The summed E-state index contributed by atoms with van der Waals surface area (Å²) in [7, 11) is 0. The first-order chi connectivity index (χ1) is 9.09. The Morgan fingerprint density at radius 3 is 2.42 bits per heavy atom. The van der Waals surface area contributed by atoms with Crippen LogP contribution in [-0.2, 0) is 0 Å². The molecule has 3 nitrogen and oxygen atoms in total. The number of hydrogen-bond donors (Lipinski definition) is 1. The monoisotopic (exact) mass is 258 g/mol. The quantitative estimate of drug-likeness (QED) is 0.853. The summed E-state index contributed by atoms with van der Waals surface area (Å²) in [4.78, 5) is 0. The van der Waals surface area contributed by atoms with Crippen molar-refractivity contribution < 1.29 is 4.74 Å². The summed E-state index contributed by atoms with van der Waals surface area (Å²) >= 11 is 0. The molecule has 1 atom stereocenters. The normalized spacial score (nSPS) is 17.6. The van der Waals surface area contributed by atoms with Gasteiger partial charge in [0.15, 0.2) is 0 Å². The third-order valence-corrected chi connectivity index (χ3v) is 3.63. The Hall–Kier alpha value is -1.53. The number of nitriles is 1. The molecule has 0 bridgehead atoms. The van der Waals surface area contributed by atoms with Crippen molar-refractivity contribution in [1.82, 2.24) is 5.32 Å². The molecule has 3 heteroatoms. The van der Waals surface area contributed by atoms with Gasteiger partial charge in [0.1, 0.15) is 17.9 Å². The predicted molar refractivity (Wildman–Crippen MR) is 76.2 cm³/mol. The molecule has 0 aromatic heterocycles. The maximum atomic E-state index is 9.51. The maximum absolute atomic E-state index is 9.51. The van der Waals surface area contributed by atoms with Crippen molar-refractivity contribution in [2.24, 2.45) is 5.92 Å². The van der Waals surface area contributed by atoms with Crippen molar-refractivity contribution >= 4 is 0 Å². The van der Waals surface area contributed by atoms with E-state index in [0.717, 1.165) is 25.1 Å². The van der Waals surface area contributed by atoms with Crippen LogP contribution >= 0.6 is 0 Å². The van der Waals surface area contributed by atoms with Crippen molar-refractivity contribution in [3.05, 3.63) is 29.3 Å². The minimum absolute atomic E-state index is 0.422. The number of benzene rings is 1. The lowest BCUT2D eigenvalue weighted by Crippen LogP contribution is -2.50. The van der Waals surface area contributed by atoms with Crippen molar-refractivity contribution in [2.75, 3.05) is 13.2 Å². The lowest BCUT2D eigenvalue weighted by atomic mass is 9.96. The topological polar surface area (TPSA) is 45.0 Å². The average molecular weight is 258 g/mol. The number of ether oxygens (including phenoxy) is 1. The first-order valence-corrected chi connectivity index (χ1v) is 6.97. The fourth-order valence-electron chi connectivity index (χ4n) is 2.58. The molecule has 0 heterocycles. The van der Waals surface area contributed by atoms with Crippen LogP contribution in [0.2, 0.25) is 0 Å². The zero-order valence-corrected chi connectivity index (χ0v) is 12.0. The Bertz CT molecular complexity index is 468. The molecular weight excluding hydrogens is 236 g/mol. The zero-order chi connectivity index (χ0) is 13.9. The second kappa shape index (κ2) is 5.63. The van der Waals surface area contributed by atoms with E-state index in [1.807, 2.05) is 19.1 Å². The smallest absolute Gasteiger partial charge is 0.143 e. The molecule has 1 unspecified atom stereocenters. The van der Waals surface area contributed by atoms with Crippen LogP contribution < -0.4 is 10.1 Å². The molecule has 102 valence electrons. The van der Waals surface area contributed by atoms with E-state index in [1.165, 1.54) is 11.1 Å². The molecule has 1 aliphatic rings. The summed E-state index contributed by atoms with van der Waals surface area (Å²) in [6.07, 6.45) is 2.24. The van der Waals surface area contributed by atoms with Crippen LogP contribution in [0.1, 0.15) is 30.9 Å². The summed E-state index contributed by atoms with van der Waals surface area (Å²) < 4.78 is 5.89. The van der Waals surface area contributed by atoms with Crippen LogP contribution in [0.15, 0.2) is 18.2 Å². The van der Waals surface area contributed by atoms with Gasteiger partial charge in [0, 0.05) is 0 Å². The third kappa shape index (κ3) is 3.27. The zero-order valence-electron chi connectivity index (χ0n) is 12.0. The van der Waals surface area contributed by atoms with Gasteiger partial charge in [0.05, 0.1) is 6.07 Å². The van der Waals surface area contributed by atoms with Crippen molar-refractivity contribution in [1.29, 1.82) is 5.26 Å². The molecule has 0 amide bonds. The molecule has 1 aromatic carbocycles. The lowest BCUT2D eigenvalue weighted by molar-refractivity contribution is 0.204. The van der Waals surface area contributed by atoms with E-state index in [9.17, 15) is 5.26 Å². The summed E-state index contributed by atoms with van der Waals surface area (Å²) in [6.45, 7) is 7.36. The molecule has 1 saturated carbocycles. The van der Waals surface area contributed by atoms with Crippen LogP contribution in [0.3, 0.4) is 0 Å². The summed E-state index contributed by atoms with van der Waals surface area (Å²) in [5, 5.41) is 12.8. The van der Waals surface area contributed by atoms with Gasteiger partial charge in [-0.1, -0.05) is 13.0 Å².